The van der Waals surface area contributed by atoms with Gasteiger partial charge in [0, 0.05) is 0 Å². The largest absolute Gasteiger partial charge is 0.242 e. The Hall–Kier alpha value is -0.620. The van der Waals surface area contributed by atoms with Crippen molar-refractivity contribution >= 4 is 6.01 Å². The molecule has 0 aliphatic heterocycles. The zero-order chi connectivity index (χ0) is 6.95. The maximum atomic E-state index is 5.62. The number of nitrogens with one attached hydrogen (secondary N) is 2. The molecule has 1 rings (SSSR count). The van der Waals surface area contributed by atoms with Crippen molar-refractivity contribution in [2.24, 2.45) is 0 Å². The molecule has 1 aliphatic rings. The topological polar surface area (TPSA) is 47.7 Å². The second-order valence-corrected chi connectivity index (χ2v) is 2.25. The van der Waals surface area contributed by atoms with Crippen LogP contribution < -0.4 is 0 Å². The van der Waals surface area contributed by atoms with E-state index in [4.69, 9.17) is 10.8 Å². The Bertz CT molecular complexity index is 67.4. The summed E-state index contributed by atoms with van der Waals surface area (Å²) >= 11 is 0. The van der Waals surface area contributed by atoms with E-state index in [1.54, 1.807) is 0 Å². The molecule has 0 amide bonds. The molecule has 0 atom stereocenters. The van der Waals surface area contributed by atoms with E-state index in [9.17, 15) is 0 Å². The fraction of sp³-hybridized carbons (Fsp3) is 0.857. The summed E-state index contributed by atoms with van der Waals surface area (Å²) in [6, 6.07) is 1.25. The normalized spacial score (nSPS) is 16.9. The highest BCUT2D eigenvalue weighted by Gasteiger charge is 1.95. The van der Waals surface area contributed by atoms with Crippen molar-refractivity contribution in [1.29, 1.82) is 10.8 Å². The van der Waals surface area contributed by atoms with E-state index in [0.29, 0.717) is 0 Å². The molecule has 0 aromatic carbocycles. The standard InChI is InChI=1S/C6H12.CH2N2/c1-2-4-6-5-3-1;2-1-3/h1-6H2;2-3H. The van der Waals surface area contributed by atoms with Gasteiger partial charge in [0.1, 0.15) is 0 Å². The molecule has 52 valence electrons. The number of rotatable bonds is 0. The van der Waals surface area contributed by atoms with Gasteiger partial charge >= 0.3 is 0 Å². The van der Waals surface area contributed by atoms with E-state index < -0.39 is 0 Å². The van der Waals surface area contributed by atoms with Crippen LogP contribution in [-0.2, 0) is 0 Å². The molecule has 0 bridgehead atoms. The van der Waals surface area contributed by atoms with Gasteiger partial charge < -0.3 is 0 Å². The van der Waals surface area contributed by atoms with Gasteiger partial charge in [-0.05, 0) is 0 Å². The lowest BCUT2D eigenvalue weighted by Crippen LogP contribution is -1.85. The molecule has 9 heavy (non-hydrogen) atoms. The molecule has 0 unspecified atom stereocenters. The third-order valence-corrected chi connectivity index (χ3v) is 1.50. The van der Waals surface area contributed by atoms with Gasteiger partial charge in [-0.25, -0.2) is 10.8 Å². The first-order valence-corrected chi connectivity index (χ1v) is 3.50. The van der Waals surface area contributed by atoms with Gasteiger partial charge in [-0.2, -0.15) is 0 Å². The first-order valence-electron chi connectivity index (χ1n) is 3.50. The molecule has 0 heterocycles. The van der Waals surface area contributed by atoms with E-state index in [-0.39, 0.29) is 0 Å². The van der Waals surface area contributed by atoms with Gasteiger partial charge in [0.05, 0.1) is 6.01 Å². The Morgan fingerprint density at radius 3 is 0.889 bits per heavy atom. The SMILES string of the molecule is C1CCCCC1.N=C=N. The van der Waals surface area contributed by atoms with Crippen molar-refractivity contribution in [3.63, 3.8) is 0 Å². The van der Waals surface area contributed by atoms with Gasteiger partial charge in [0.25, 0.3) is 0 Å². The summed E-state index contributed by atoms with van der Waals surface area (Å²) in [6.45, 7) is 0. The van der Waals surface area contributed by atoms with Crippen LogP contribution in [0.15, 0.2) is 0 Å². The summed E-state index contributed by atoms with van der Waals surface area (Å²) in [5.41, 5.74) is 0. The Labute approximate surface area is 56.3 Å². The molecule has 2 nitrogen and oxygen atoms in total. The fourth-order valence-corrected chi connectivity index (χ4v) is 1.06. The lowest BCUT2D eigenvalue weighted by Gasteiger charge is -2.05. The van der Waals surface area contributed by atoms with Crippen molar-refractivity contribution in [1.82, 2.24) is 0 Å². The first-order chi connectivity index (χ1) is 4.41. The molecule has 0 aromatic heterocycles. The van der Waals surface area contributed by atoms with Crippen LogP contribution in [0.5, 0.6) is 0 Å². The summed E-state index contributed by atoms with van der Waals surface area (Å²) in [6.07, 6.45) is 9.00. The lowest BCUT2D eigenvalue weighted by molar-refractivity contribution is 0.504. The second kappa shape index (κ2) is 7.38. The maximum Gasteiger partial charge on any atom is 0.0831 e. The molecule has 2 N–H and O–H groups in total. The minimum absolute atomic E-state index is 1.25. The highest BCUT2D eigenvalue weighted by molar-refractivity contribution is 5.29. The Balaban J connectivity index is 0.000000187. The molecular formula is C7H14N2. The third kappa shape index (κ3) is 7.38. The van der Waals surface area contributed by atoms with Gasteiger partial charge in [-0.15, -0.1) is 0 Å². The van der Waals surface area contributed by atoms with Crippen LogP contribution in [-0.4, -0.2) is 6.01 Å². The summed E-state index contributed by atoms with van der Waals surface area (Å²) in [7, 11) is 0. The van der Waals surface area contributed by atoms with Crippen molar-refractivity contribution in [3.8, 4) is 0 Å². The van der Waals surface area contributed by atoms with Crippen LogP contribution in [0.3, 0.4) is 0 Å². The summed E-state index contributed by atoms with van der Waals surface area (Å²) in [4.78, 5) is 0. The van der Waals surface area contributed by atoms with Gasteiger partial charge in [-0.3, -0.25) is 0 Å². The van der Waals surface area contributed by atoms with Crippen LogP contribution in [0, 0.1) is 10.8 Å². The van der Waals surface area contributed by atoms with E-state index >= 15 is 0 Å². The van der Waals surface area contributed by atoms with E-state index in [2.05, 4.69) is 0 Å². The molecule has 0 saturated heterocycles. The zero-order valence-electron chi connectivity index (χ0n) is 5.74. The number of hydrogen-bond acceptors (Lipinski definition) is 2. The van der Waals surface area contributed by atoms with E-state index in [1.807, 2.05) is 0 Å². The average Bonchev–Trinajstić information content (AvgIpc) is 1.93. The van der Waals surface area contributed by atoms with Crippen molar-refractivity contribution in [3.05, 3.63) is 0 Å². The lowest BCUT2D eigenvalue weighted by atomic mass is 10.0. The molecule has 1 saturated carbocycles. The van der Waals surface area contributed by atoms with Crippen molar-refractivity contribution in [2.75, 3.05) is 0 Å². The Kier molecular flexibility index (Phi) is 6.87. The first kappa shape index (κ1) is 8.38. The summed E-state index contributed by atoms with van der Waals surface area (Å²) in [5.74, 6) is 0. The zero-order valence-corrected chi connectivity index (χ0v) is 5.74. The minimum atomic E-state index is 1.25. The molecular weight excluding hydrogens is 112 g/mol. The second-order valence-electron chi connectivity index (χ2n) is 2.25. The van der Waals surface area contributed by atoms with Crippen LogP contribution in [0.1, 0.15) is 38.5 Å². The smallest absolute Gasteiger partial charge is 0.0831 e. The molecule has 0 spiro atoms. The molecule has 2 heteroatoms. The van der Waals surface area contributed by atoms with Gasteiger partial charge in [-0.1, -0.05) is 38.5 Å². The number of hydrogen-bond donors (Lipinski definition) is 2. The van der Waals surface area contributed by atoms with E-state index in [1.165, 1.54) is 44.5 Å². The molecule has 1 aliphatic carbocycles. The summed E-state index contributed by atoms with van der Waals surface area (Å²) < 4.78 is 0. The van der Waals surface area contributed by atoms with Gasteiger partial charge in [0.15, 0.2) is 0 Å². The van der Waals surface area contributed by atoms with Crippen molar-refractivity contribution in [2.45, 2.75) is 38.5 Å². The van der Waals surface area contributed by atoms with Crippen LogP contribution in [0.25, 0.3) is 0 Å². The van der Waals surface area contributed by atoms with Crippen LogP contribution in [0.2, 0.25) is 0 Å². The highest BCUT2D eigenvalue weighted by atomic mass is 14.4. The molecule has 1 fully saturated rings. The monoisotopic (exact) mass is 126 g/mol. The van der Waals surface area contributed by atoms with Crippen molar-refractivity contribution < 1.29 is 0 Å². The average molecular weight is 126 g/mol. The highest BCUT2D eigenvalue weighted by Crippen LogP contribution is 2.15. The predicted molar refractivity (Wildman–Crippen MR) is 38.1 cm³/mol. The quantitative estimate of drug-likeness (QED) is 0.469. The fourth-order valence-electron chi connectivity index (χ4n) is 1.06. The Morgan fingerprint density at radius 1 is 0.667 bits per heavy atom. The third-order valence-electron chi connectivity index (χ3n) is 1.50. The van der Waals surface area contributed by atoms with Gasteiger partial charge in [0.2, 0.25) is 0 Å². The van der Waals surface area contributed by atoms with E-state index in [0.717, 1.165) is 0 Å². The predicted octanol–water partition coefficient (Wildman–Crippen LogP) is 2.66. The molecule has 0 aromatic rings. The molecule has 0 radical (unpaired) electrons. The Morgan fingerprint density at radius 2 is 0.778 bits per heavy atom. The van der Waals surface area contributed by atoms with Crippen LogP contribution in [0.4, 0.5) is 0 Å². The van der Waals surface area contributed by atoms with Crippen LogP contribution >= 0.6 is 0 Å². The minimum Gasteiger partial charge on any atom is -0.242 e. The maximum absolute atomic E-state index is 5.62. The summed E-state index contributed by atoms with van der Waals surface area (Å²) in [5, 5.41) is 11.2.